The summed E-state index contributed by atoms with van der Waals surface area (Å²) < 4.78 is 0. The van der Waals surface area contributed by atoms with Crippen LogP contribution in [0.3, 0.4) is 0 Å². The Morgan fingerprint density at radius 1 is 0.938 bits per heavy atom. The largest absolute Gasteiger partial charge is 0.346 e. The average Bonchev–Trinajstić information content (AvgIpc) is 2.39. The van der Waals surface area contributed by atoms with Crippen molar-refractivity contribution in [3.05, 3.63) is 66.0 Å². The summed E-state index contributed by atoms with van der Waals surface area (Å²) in [7, 11) is 2.00. The van der Waals surface area contributed by atoms with Crippen LogP contribution in [0.25, 0.3) is 4.85 Å². The van der Waals surface area contributed by atoms with E-state index >= 15 is 0 Å². The van der Waals surface area contributed by atoms with Crippen LogP contribution in [0.15, 0.2) is 54.6 Å². The third-order valence-corrected chi connectivity index (χ3v) is 2.49. The number of rotatable bonds is 2. The molecule has 0 radical (unpaired) electrons. The van der Waals surface area contributed by atoms with Crippen molar-refractivity contribution in [2.75, 3.05) is 11.9 Å². The molecule has 0 aliphatic heterocycles. The summed E-state index contributed by atoms with van der Waals surface area (Å²) in [6.45, 7) is 6.99. The molecule has 0 amide bonds. The quantitative estimate of drug-likeness (QED) is 0.677. The van der Waals surface area contributed by atoms with Crippen LogP contribution in [0, 0.1) is 6.57 Å². The molecule has 0 aromatic heterocycles. The standard InChI is InChI=1S/C14H12N2/c1-15-12-7-6-10-14(11-12)16(2)13-8-4-3-5-9-13/h3-11H,2H3. The number of benzene rings is 2. The second-order valence-electron chi connectivity index (χ2n) is 3.53. The summed E-state index contributed by atoms with van der Waals surface area (Å²) in [5.41, 5.74) is 2.81. The van der Waals surface area contributed by atoms with Gasteiger partial charge in [-0.1, -0.05) is 30.3 Å². The Bertz CT molecular complexity index is 512. The molecule has 0 unspecified atom stereocenters. The van der Waals surface area contributed by atoms with Crippen LogP contribution in [0.5, 0.6) is 0 Å². The molecule has 78 valence electrons. The van der Waals surface area contributed by atoms with Gasteiger partial charge in [0.05, 0.1) is 6.57 Å². The third-order valence-electron chi connectivity index (χ3n) is 2.49. The monoisotopic (exact) mass is 208 g/mol. The Morgan fingerprint density at radius 2 is 1.62 bits per heavy atom. The maximum atomic E-state index is 6.99. The van der Waals surface area contributed by atoms with Gasteiger partial charge in [-0.25, -0.2) is 4.85 Å². The van der Waals surface area contributed by atoms with Crippen molar-refractivity contribution >= 4 is 17.1 Å². The summed E-state index contributed by atoms with van der Waals surface area (Å²) in [5.74, 6) is 0. The van der Waals surface area contributed by atoms with Crippen molar-refractivity contribution in [1.82, 2.24) is 0 Å². The maximum absolute atomic E-state index is 6.99. The van der Waals surface area contributed by atoms with Crippen LogP contribution in [-0.4, -0.2) is 7.05 Å². The summed E-state index contributed by atoms with van der Waals surface area (Å²) in [5, 5.41) is 0. The molecule has 0 aliphatic carbocycles. The molecule has 0 spiro atoms. The fraction of sp³-hybridized carbons (Fsp3) is 0.0714. The van der Waals surface area contributed by atoms with Crippen LogP contribution < -0.4 is 4.90 Å². The zero-order valence-corrected chi connectivity index (χ0v) is 9.09. The van der Waals surface area contributed by atoms with E-state index in [0.29, 0.717) is 5.69 Å². The van der Waals surface area contributed by atoms with Crippen LogP contribution in [-0.2, 0) is 0 Å². The van der Waals surface area contributed by atoms with Gasteiger partial charge in [-0.3, -0.25) is 0 Å². The summed E-state index contributed by atoms with van der Waals surface area (Å²) in [6.07, 6.45) is 0. The summed E-state index contributed by atoms with van der Waals surface area (Å²) in [4.78, 5) is 5.49. The first-order valence-corrected chi connectivity index (χ1v) is 5.07. The van der Waals surface area contributed by atoms with Gasteiger partial charge < -0.3 is 4.90 Å². The van der Waals surface area contributed by atoms with Crippen molar-refractivity contribution in [1.29, 1.82) is 0 Å². The molecule has 2 aromatic carbocycles. The van der Waals surface area contributed by atoms with Crippen LogP contribution in [0.4, 0.5) is 17.1 Å². The third kappa shape index (κ3) is 2.04. The van der Waals surface area contributed by atoms with Gasteiger partial charge in [-0.15, -0.1) is 0 Å². The van der Waals surface area contributed by atoms with Gasteiger partial charge in [0.2, 0.25) is 0 Å². The van der Waals surface area contributed by atoms with Gasteiger partial charge >= 0.3 is 0 Å². The second-order valence-corrected chi connectivity index (χ2v) is 3.53. The molecule has 0 fully saturated rings. The van der Waals surface area contributed by atoms with E-state index in [0.717, 1.165) is 11.4 Å². The molecular weight excluding hydrogens is 196 g/mol. The van der Waals surface area contributed by atoms with E-state index in [-0.39, 0.29) is 0 Å². The van der Waals surface area contributed by atoms with Gasteiger partial charge in [0.1, 0.15) is 0 Å². The molecule has 0 saturated heterocycles. The SMILES string of the molecule is [C-]#[N+]c1cccc(N(C)c2ccccc2)c1. The lowest BCUT2D eigenvalue weighted by Gasteiger charge is -2.19. The molecular formula is C14H12N2. The molecule has 2 nitrogen and oxygen atoms in total. The van der Waals surface area contributed by atoms with E-state index < -0.39 is 0 Å². The first-order chi connectivity index (χ1) is 7.81. The smallest absolute Gasteiger partial charge is 0.189 e. The zero-order chi connectivity index (χ0) is 11.4. The molecule has 0 aliphatic rings. The van der Waals surface area contributed by atoms with Crippen LogP contribution in [0.1, 0.15) is 0 Å². The number of anilines is 2. The number of hydrogen-bond donors (Lipinski definition) is 0. The highest BCUT2D eigenvalue weighted by atomic mass is 15.1. The zero-order valence-electron chi connectivity index (χ0n) is 9.09. The Morgan fingerprint density at radius 3 is 2.31 bits per heavy atom. The van der Waals surface area contributed by atoms with Crippen LogP contribution >= 0.6 is 0 Å². The first kappa shape index (κ1) is 10.3. The molecule has 0 bridgehead atoms. The van der Waals surface area contributed by atoms with E-state index in [1.807, 2.05) is 61.6 Å². The van der Waals surface area contributed by atoms with Gasteiger partial charge in [0, 0.05) is 18.4 Å². The highest BCUT2D eigenvalue weighted by Gasteiger charge is 2.03. The van der Waals surface area contributed by atoms with E-state index in [4.69, 9.17) is 6.57 Å². The molecule has 2 heteroatoms. The van der Waals surface area contributed by atoms with E-state index in [9.17, 15) is 0 Å². The van der Waals surface area contributed by atoms with Gasteiger partial charge in [0.25, 0.3) is 0 Å². The van der Waals surface area contributed by atoms with E-state index in [1.54, 1.807) is 0 Å². The second kappa shape index (κ2) is 4.50. The van der Waals surface area contributed by atoms with Gasteiger partial charge in [-0.2, -0.15) is 0 Å². The Kier molecular flexibility index (Phi) is 2.88. The van der Waals surface area contributed by atoms with E-state index in [1.165, 1.54) is 0 Å². The predicted octanol–water partition coefficient (Wildman–Crippen LogP) is 4.01. The minimum Gasteiger partial charge on any atom is -0.346 e. The molecule has 0 N–H and O–H groups in total. The van der Waals surface area contributed by atoms with Crippen molar-refractivity contribution < 1.29 is 0 Å². The lowest BCUT2D eigenvalue weighted by Crippen LogP contribution is -2.08. The van der Waals surface area contributed by atoms with Crippen molar-refractivity contribution in [2.24, 2.45) is 0 Å². The molecule has 0 heterocycles. The Balaban J connectivity index is 2.35. The number of nitrogens with zero attached hydrogens (tertiary/aromatic N) is 2. The number of para-hydroxylation sites is 1. The minimum absolute atomic E-state index is 0.667. The average molecular weight is 208 g/mol. The lowest BCUT2D eigenvalue weighted by molar-refractivity contribution is 1.21. The highest BCUT2D eigenvalue weighted by Crippen LogP contribution is 2.26. The topological polar surface area (TPSA) is 7.60 Å². The lowest BCUT2D eigenvalue weighted by atomic mass is 10.2. The maximum Gasteiger partial charge on any atom is 0.189 e. The molecule has 2 aromatic rings. The summed E-state index contributed by atoms with van der Waals surface area (Å²) >= 11 is 0. The molecule has 0 atom stereocenters. The fourth-order valence-corrected chi connectivity index (χ4v) is 1.57. The van der Waals surface area contributed by atoms with E-state index in [2.05, 4.69) is 9.74 Å². The minimum atomic E-state index is 0.667. The van der Waals surface area contributed by atoms with Crippen LogP contribution in [0.2, 0.25) is 0 Å². The number of hydrogen-bond acceptors (Lipinski definition) is 1. The summed E-state index contributed by atoms with van der Waals surface area (Å²) in [6, 6.07) is 17.7. The first-order valence-electron chi connectivity index (χ1n) is 5.07. The van der Waals surface area contributed by atoms with Crippen molar-refractivity contribution in [3.63, 3.8) is 0 Å². The fourth-order valence-electron chi connectivity index (χ4n) is 1.57. The highest BCUT2D eigenvalue weighted by molar-refractivity contribution is 5.66. The predicted molar refractivity (Wildman–Crippen MR) is 67.2 cm³/mol. The molecule has 0 saturated carbocycles. The molecule has 16 heavy (non-hydrogen) atoms. The Labute approximate surface area is 95.6 Å². The van der Waals surface area contributed by atoms with Crippen molar-refractivity contribution in [3.8, 4) is 0 Å². The van der Waals surface area contributed by atoms with Gasteiger partial charge in [-0.05, 0) is 24.3 Å². The Hall–Kier alpha value is -2.27. The van der Waals surface area contributed by atoms with Crippen molar-refractivity contribution in [2.45, 2.75) is 0 Å². The normalized spacial score (nSPS) is 9.50. The van der Waals surface area contributed by atoms with Gasteiger partial charge in [0.15, 0.2) is 5.69 Å². The molecule has 2 rings (SSSR count).